The van der Waals surface area contributed by atoms with Crippen LogP contribution in [-0.4, -0.2) is 14.8 Å². The van der Waals surface area contributed by atoms with Gasteiger partial charge in [-0.25, -0.2) is 4.98 Å². The Morgan fingerprint density at radius 1 is 1.29 bits per heavy atom. The molecule has 0 fully saturated rings. The Hall–Kier alpha value is -1.72. The lowest BCUT2D eigenvalue weighted by molar-refractivity contribution is 0.556. The third-order valence-corrected chi connectivity index (χ3v) is 4.14. The predicted molar refractivity (Wildman–Crippen MR) is 88.0 cm³/mol. The Morgan fingerprint density at radius 3 is 2.90 bits per heavy atom. The second kappa shape index (κ2) is 5.95. The van der Waals surface area contributed by atoms with Crippen LogP contribution >= 0.6 is 15.9 Å². The number of pyridine rings is 1. The quantitative estimate of drug-likeness (QED) is 0.785. The van der Waals surface area contributed by atoms with Crippen molar-refractivity contribution in [1.29, 1.82) is 0 Å². The molecule has 1 aromatic carbocycles. The maximum atomic E-state index is 6.43. The molecule has 2 N–H and O–H groups in total. The van der Waals surface area contributed by atoms with Gasteiger partial charge >= 0.3 is 0 Å². The fraction of sp³-hybridized carbons (Fsp3) is 0.250. The topological polar surface area (TPSA) is 56.7 Å². The summed E-state index contributed by atoms with van der Waals surface area (Å²) < 4.78 is 2.88. The molecule has 0 saturated heterocycles. The van der Waals surface area contributed by atoms with E-state index in [-0.39, 0.29) is 6.04 Å². The van der Waals surface area contributed by atoms with E-state index in [0.29, 0.717) is 0 Å². The molecule has 0 aliphatic heterocycles. The molecule has 5 heteroatoms. The molecule has 2 heterocycles. The Balaban J connectivity index is 2.06. The highest BCUT2D eigenvalue weighted by atomic mass is 79.9. The van der Waals surface area contributed by atoms with E-state index in [1.807, 2.05) is 35.0 Å². The van der Waals surface area contributed by atoms with Gasteiger partial charge in [-0.05, 0) is 40.5 Å². The van der Waals surface area contributed by atoms with Gasteiger partial charge in [0.15, 0.2) is 0 Å². The summed E-state index contributed by atoms with van der Waals surface area (Å²) in [6.45, 7) is 2.99. The largest absolute Gasteiger partial charge is 0.318 e. The number of halogens is 1. The van der Waals surface area contributed by atoms with E-state index < -0.39 is 0 Å². The molecular formula is C16H17BrN4. The Labute approximate surface area is 132 Å². The first-order chi connectivity index (χ1) is 10.2. The first-order valence-electron chi connectivity index (χ1n) is 7.03. The average Bonchev–Trinajstić information content (AvgIpc) is 2.94. The summed E-state index contributed by atoms with van der Waals surface area (Å²) in [7, 11) is 0. The number of nitrogens with zero attached hydrogens (tertiary/aromatic N) is 3. The van der Waals surface area contributed by atoms with Crippen molar-refractivity contribution in [3.8, 4) is 0 Å². The second-order valence-corrected chi connectivity index (χ2v) is 5.86. The van der Waals surface area contributed by atoms with E-state index in [0.717, 1.165) is 39.7 Å². The maximum absolute atomic E-state index is 6.43. The number of rotatable bonds is 4. The molecule has 0 amide bonds. The number of aromatic nitrogens is 3. The highest BCUT2D eigenvalue weighted by Gasteiger charge is 2.18. The summed E-state index contributed by atoms with van der Waals surface area (Å²) >= 11 is 3.59. The number of aryl methyl sites for hydroxylation is 1. The Morgan fingerprint density at radius 2 is 2.10 bits per heavy atom. The maximum Gasteiger partial charge on any atom is 0.0908 e. The predicted octanol–water partition coefficient (Wildman–Crippen LogP) is 3.65. The molecule has 2 aromatic heterocycles. The molecule has 0 spiro atoms. The van der Waals surface area contributed by atoms with Crippen LogP contribution in [0.5, 0.6) is 0 Å². The molecule has 0 saturated carbocycles. The molecule has 0 aliphatic carbocycles. The summed E-state index contributed by atoms with van der Waals surface area (Å²) in [6.07, 6.45) is 2.81. The summed E-state index contributed by atoms with van der Waals surface area (Å²) in [4.78, 5) is 4.72. The monoisotopic (exact) mass is 344 g/mol. The van der Waals surface area contributed by atoms with Crippen molar-refractivity contribution in [2.75, 3.05) is 0 Å². The molecular weight excluding hydrogens is 328 g/mol. The molecule has 1 unspecified atom stereocenters. The van der Waals surface area contributed by atoms with Gasteiger partial charge in [-0.3, -0.25) is 4.68 Å². The molecule has 108 valence electrons. The highest BCUT2D eigenvalue weighted by Crippen LogP contribution is 2.28. The van der Waals surface area contributed by atoms with Gasteiger partial charge in [0.2, 0.25) is 0 Å². The Kier molecular flexibility index (Phi) is 4.03. The lowest BCUT2D eigenvalue weighted by Crippen LogP contribution is -2.19. The van der Waals surface area contributed by atoms with E-state index in [1.165, 1.54) is 0 Å². The third kappa shape index (κ3) is 2.71. The molecule has 0 aliphatic rings. The van der Waals surface area contributed by atoms with Gasteiger partial charge in [0.05, 0.1) is 22.9 Å². The van der Waals surface area contributed by atoms with Crippen molar-refractivity contribution in [3.05, 3.63) is 58.5 Å². The van der Waals surface area contributed by atoms with E-state index in [4.69, 9.17) is 10.7 Å². The summed E-state index contributed by atoms with van der Waals surface area (Å²) in [5.41, 5.74) is 9.21. The van der Waals surface area contributed by atoms with Crippen LogP contribution in [0.15, 0.2) is 47.1 Å². The number of fused-ring (bicyclic) bond motifs is 1. The molecule has 0 radical (unpaired) electrons. The normalized spacial score (nSPS) is 12.7. The standard InChI is InChI=1S/C16H17BrN4/c1-2-9-21-14(7-8-19-21)15(18)16-12(17)10-11-5-3-4-6-13(11)20-16/h3-8,10,15H,2,9,18H2,1H3. The smallest absolute Gasteiger partial charge is 0.0908 e. The SMILES string of the molecule is CCCn1nccc1C(N)c1nc2ccccc2cc1Br. The van der Waals surface area contributed by atoms with Gasteiger partial charge < -0.3 is 5.73 Å². The van der Waals surface area contributed by atoms with Crippen molar-refractivity contribution in [3.63, 3.8) is 0 Å². The zero-order valence-corrected chi connectivity index (χ0v) is 13.4. The minimum atomic E-state index is -0.293. The fourth-order valence-electron chi connectivity index (χ4n) is 2.47. The number of hydrogen-bond donors (Lipinski definition) is 1. The van der Waals surface area contributed by atoms with Crippen LogP contribution in [0.25, 0.3) is 10.9 Å². The van der Waals surface area contributed by atoms with Gasteiger partial charge in [0.25, 0.3) is 0 Å². The van der Waals surface area contributed by atoms with Crippen molar-refractivity contribution in [2.24, 2.45) is 5.73 Å². The molecule has 3 aromatic rings. The summed E-state index contributed by atoms with van der Waals surface area (Å²) in [5.74, 6) is 0. The van der Waals surface area contributed by atoms with E-state index in [1.54, 1.807) is 6.20 Å². The van der Waals surface area contributed by atoms with Gasteiger partial charge in [-0.1, -0.05) is 25.1 Å². The highest BCUT2D eigenvalue weighted by molar-refractivity contribution is 9.10. The lowest BCUT2D eigenvalue weighted by atomic mass is 10.1. The lowest BCUT2D eigenvalue weighted by Gasteiger charge is -2.15. The molecule has 4 nitrogen and oxygen atoms in total. The van der Waals surface area contributed by atoms with E-state index in [9.17, 15) is 0 Å². The Bertz CT molecular complexity index is 766. The van der Waals surface area contributed by atoms with Crippen LogP contribution < -0.4 is 5.73 Å². The van der Waals surface area contributed by atoms with Gasteiger partial charge in [-0.15, -0.1) is 0 Å². The van der Waals surface area contributed by atoms with Crippen LogP contribution in [0.2, 0.25) is 0 Å². The third-order valence-electron chi connectivity index (χ3n) is 3.50. The molecule has 21 heavy (non-hydrogen) atoms. The zero-order valence-electron chi connectivity index (χ0n) is 11.8. The van der Waals surface area contributed by atoms with Crippen LogP contribution in [0, 0.1) is 0 Å². The molecule has 0 bridgehead atoms. The van der Waals surface area contributed by atoms with Crippen molar-refractivity contribution in [2.45, 2.75) is 25.9 Å². The van der Waals surface area contributed by atoms with Crippen LogP contribution in [-0.2, 0) is 6.54 Å². The first kappa shape index (κ1) is 14.2. The van der Waals surface area contributed by atoms with E-state index >= 15 is 0 Å². The van der Waals surface area contributed by atoms with Crippen LogP contribution in [0.4, 0.5) is 0 Å². The van der Waals surface area contributed by atoms with Crippen molar-refractivity contribution in [1.82, 2.24) is 14.8 Å². The number of hydrogen-bond acceptors (Lipinski definition) is 3. The van der Waals surface area contributed by atoms with E-state index in [2.05, 4.69) is 34.0 Å². The van der Waals surface area contributed by atoms with Crippen molar-refractivity contribution < 1.29 is 0 Å². The molecule has 1 atom stereocenters. The number of benzene rings is 1. The van der Waals surface area contributed by atoms with Crippen LogP contribution in [0.3, 0.4) is 0 Å². The zero-order chi connectivity index (χ0) is 14.8. The number of nitrogens with two attached hydrogens (primary N) is 1. The van der Waals surface area contributed by atoms with Gasteiger partial charge in [0.1, 0.15) is 0 Å². The first-order valence-corrected chi connectivity index (χ1v) is 7.82. The van der Waals surface area contributed by atoms with Gasteiger partial charge in [0, 0.05) is 22.6 Å². The fourth-order valence-corrected chi connectivity index (χ4v) is 3.05. The molecule has 3 rings (SSSR count). The van der Waals surface area contributed by atoms with Crippen LogP contribution in [0.1, 0.15) is 30.8 Å². The second-order valence-electron chi connectivity index (χ2n) is 5.01. The van der Waals surface area contributed by atoms with Crippen molar-refractivity contribution >= 4 is 26.8 Å². The summed E-state index contributed by atoms with van der Waals surface area (Å²) in [6, 6.07) is 11.8. The minimum Gasteiger partial charge on any atom is -0.318 e. The minimum absolute atomic E-state index is 0.293. The average molecular weight is 345 g/mol. The number of para-hydroxylation sites is 1. The summed E-state index contributed by atoms with van der Waals surface area (Å²) in [5, 5.41) is 5.44. The van der Waals surface area contributed by atoms with Gasteiger partial charge in [-0.2, -0.15) is 5.10 Å².